The summed E-state index contributed by atoms with van der Waals surface area (Å²) >= 11 is 0. The van der Waals surface area contributed by atoms with E-state index in [0.717, 1.165) is 5.56 Å². The van der Waals surface area contributed by atoms with Gasteiger partial charge in [0.2, 0.25) is 10.0 Å². The molecule has 1 heterocycles. The molecule has 2 aromatic rings. The number of carbonyl (C=O) groups is 1. The van der Waals surface area contributed by atoms with E-state index in [0.29, 0.717) is 5.56 Å². The second-order valence-electron chi connectivity index (χ2n) is 5.09. The topological polar surface area (TPSA) is 76.6 Å². The van der Waals surface area contributed by atoms with Gasteiger partial charge in [-0.05, 0) is 36.2 Å². The maximum absolute atomic E-state index is 12.8. The molecule has 0 unspecified atom stereocenters. The van der Waals surface area contributed by atoms with Gasteiger partial charge in [0.15, 0.2) is 0 Å². The number of esters is 1. The molecule has 1 aromatic carbocycles. The Bertz CT molecular complexity index is 804. The molecule has 0 saturated carbocycles. The number of pyridine rings is 1. The molecular weight excluding hydrogens is 316 g/mol. The van der Waals surface area contributed by atoms with Gasteiger partial charge in [-0.2, -0.15) is 4.31 Å². The van der Waals surface area contributed by atoms with Crippen molar-refractivity contribution in [1.29, 1.82) is 0 Å². The number of sulfonamides is 1. The number of aryl methyl sites for hydroxylation is 1. The van der Waals surface area contributed by atoms with Gasteiger partial charge in [0.05, 0.1) is 17.6 Å². The zero-order valence-electron chi connectivity index (χ0n) is 13.2. The van der Waals surface area contributed by atoms with E-state index in [4.69, 9.17) is 0 Å². The fourth-order valence-corrected chi connectivity index (χ4v) is 3.53. The second-order valence-corrected chi connectivity index (χ2v) is 7.11. The van der Waals surface area contributed by atoms with Crippen LogP contribution in [0.2, 0.25) is 0 Å². The van der Waals surface area contributed by atoms with Crippen molar-refractivity contribution in [2.45, 2.75) is 18.4 Å². The van der Waals surface area contributed by atoms with Crippen LogP contribution >= 0.6 is 0 Å². The van der Waals surface area contributed by atoms with Crippen molar-refractivity contribution >= 4 is 16.0 Å². The number of ether oxygens (including phenoxy) is 1. The first-order chi connectivity index (χ1) is 10.9. The summed E-state index contributed by atoms with van der Waals surface area (Å²) in [4.78, 5) is 15.7. The van der Waals surface area contributed by atoms with Gasteiger partial charge in [0, 0.05) is 26.0 Å². The predicted molar refractivity (Wildman–Crippen MR) is 85.4 cm³/mol. The Kier molecular flexibility index (Phi) is 5.12. The summed E-state index contributed by atoms with van der Waals surface area (Å²) in [6.45, 7) is 1.88. The Balaban J connectivity index is 2.37. The zero-order chi connectivity index (χ0) is 17.0. The van der Waals surface area contributed by atoms with Crippen LogP contribution in [-0.2, 0) is 21.3 Å². The number of rotatable bonds is 5. The fraction of sp³-hybridized carbons (Fsp3) is 0.250. The molecule has 0 atom stereocenters. The van der Waals surface area contributed by atoms with E-state index < -0.39 is 16.0 Å². The van der Waals surface area contributed by atoms with Gasteiger partial charge in [-0.15, -0.1) is 0 Å². The van der Waals surface area contributed by atoms with Crippen molar-refractivity contribution < 1.29 is 17.9 Å². The lowest BCUT2D eigenvalue weighted by molar-refractivity contribution is 0.0600. The molecule has 0 aliphatic heterocycles. The van der Waals surface area contributed by atoms with Crippen LogP contribution in [0.1, 0.15) is 21.5 Å². The summed E-state index contributed by atoms with van der Waals surface area (Å²) < 4.78 is 31.4. The molecule has 0 aliphatic rings. The maximum Gasteiger partial charge on any atom is 0.337 e. The summed E-state index contributed by atoms with van der Waals surface area (Å²) in [7, 11) is -0.987. The number of benzene rings is 1. The van der Waals surface area contributed by atoms with E-state index in [1.807, 2.05) is 0 Å². The van der Waals surface area contributed by atoms with E-state index in [9.17, 15) is 13.2 Å². The molecule has 2 rings (SSSR count). The van der Waals surface area contributed by atoms with E-state index in [1.165, 1.54) is 24.5 Å². The SMILES string of the molecule is COC(=O)c1ccc(C)c(S(=O)(=O)N(C)Cc2cccnc2)c1. The van der Waals surface area contributed by atoms with Gasteiger partial charge in [-0.3, -0.25) is 4.98 Å². The number of hydrogen-bond acceptors (Lipinski definition) is 5. The molecule has 0 N–H and O–H groups in total. The smallest absolute Gasteiger partial charge is 0.337 e. The third-order valence-corrected chi connectivity index (χ3v) is 5.37. The highest BCUT2D eigenvalue weighted by Gasteiger charge is 2.24. The van der Waals surface area contributed by atoms with Crippen LogP contribution in [0, 0.1) is 6.92 Å². The van der Waals surface area contributed by atoms with Gasteiger partial charge in [0.25, 0.3) is 0 Å². The number of aromatic nitrogens is 1. The lowest BCUT2D eigenvalue weighted by atomic mass is 10.1. The molecule has 7 heteroatoms. The largest absolute Gasteiger partial charge is 0.465 e. The number of nitrogens with zero attached hydrogens (tertiary/aromatic N) is 2. The van der Waals surface area contributed by atoms with Crippen LogP contribution in [0.4, 0.5) is 0 Å². The molecule has 0 saturated heterocycles. The molecule has 0 aliphatic carbocycles. The second kappa shape index (κ2) is 6.89. The van der Waals surface area contributed by atoms with Crippen molar-refractivity contribution in [3.05, 3.63) is 59.4 Å². The Morgan fingerprint density at radius 3 is 2.65 bits per heavy atom. The first kappa shape index (κ1) is 17.1. The average molecular weight is 334 g/mol. The molecule has 0 radical (unpaired) electrons. The van der Waals surface area contributed by atoms with Crippen LogP contribution in [0.15, 0.2) is 47.6 Å². The lowest BCUT2D eigenvalue weighted by Gasteiger charge is -2.19. The molecule has 0 fully saturated rings. The third-order valence-electron chi connectivity index (χ3n) is 3.43. The zero-order valence-corrected chi connectivity index (χ0v) is 14.0. The average Bonchev–Trinajstić information content (AvgIpc) is 2.55. The van der Waals surface area contributed by atoms with Crippen LogP contribution < -0.4 is 0 Å². The minimum atomic E-state index is -3.73. The lowest BCUT2D eigenvalue weighted by Crippen LogP contribution is -2.27. The summed E-state index contributed by atoms with van der Waals surface area (Å²) in [6, 6.07) is 8.03. The van der Waals surface area contributed by atoms with Gasteiger partial charge in [-0.25, -0.2) is 13.2 Å². The van der Waals surface area contributed by atoms with Crippen LogP contribution in [0.25, 0.3) is 0 Å². The molecular formula is C16H18N2O4S. The standard InChI is InChI=1S/C16H18N2O4S/c1-12-6-7-14(16(19)22-3)9-15(12)23(20,21)18(2)11-13-5-4-8-17-10-13/h4-10H,11H2,1-3H3. The highest BCUT2D eigenvalue weighted by molar-refractivity contribution is 7.89. The molecule has 6 nitrogen and oxygen atoms in total. The van der Waals surface area contributed by atoms with Gasteiger partial charge in [0.1, 0.15) is 0 Å². The Morgan fingerprint density at radius 1 is 1.30 bits per heavy atom. The molecule has 0 bridgehead atoms. The minimum Gasteiger partial charge on any atom is -0.465 e. The van der Waals surface area contributed by atoms with Gasteiger partial charge >= 0.3 is 5.97 Å². The molecule has 23 heavy (non-hydrogen) atoms. The summed E-state index contributed by atoms with van der Waals surface area (Å²) in [5.74, 6) is -0.573. The highest BCUT2D eigenvalue weighted by atomic mass is 32.2. The van der Waals surface area contributed by atoms with Crippen molar-refractivity contribution in [3.63, 3.8) is 0 Å². The third kappa shape index (κ3) is 3.75. The number of methoxy groups -OCH3 is 1. The van der Waals surface area contributed by atoms with Gasteiger partial charge < -0.3 is 4.74 Å². The van der Waals surface area contributed by atoms with E-state index >= 15 is 0 Å². The van der Waals surface area contributed by atoms with E-state index in [-0.39, 0.29) is 17.0 Å². The number of hydrogen-bond donors (Lipinski definition) is 0. The van der Waals surface area contributed by atoms with Gasteiger partial charge in [-0.1, -0.05) is 12.1 Å². The van der Waals surface area contributed by atoms with E-state index in [2.05, 4.69) is 9.72 Å². The molecule has 0 spiro atoms. The van der Waals surface area contributed by atoms with Crippen LogP contribution in [0.5, 0.6) is 0 Å². The number of carbonyl (C=O) groups excluding carboxylic acids is 1. The van der Waals surface area contributed by atoms with E-state index in [1.54, 1.807) is 43.6 Å². The molecule has 122 valence electrons. The highest BCUT2D eigenvalue weighted by Crippen LogP contribution is 2.22. The van der Waals surface area contributed by atoms with Crippen molar-refractivity contribution in [3.8, 4) is 0 Å². The first-order valence-corrected chi connectivity index (χ1v) is 8.34. The summed E-state index contributed by atoms with van der Waals surface area (Å²) in [5, 5.41) is 0. The first-order valence-electron chi connectivity index (χ1n) is 6.90. The normalized spacial score (nSPS) is 11.5. The molecule has 1 aromatic heterocycles. The van der Waals surface area contributed by atoms with Crippen molar-refractivity contribution in [1.82, 2.24) is 9.29 Å². The van der Waals surface area contributed by atoms with Crippen molar-refractivity contribution in [2.75, 3.05) is 14.2 Å². The fourth-order valence-electron chi connectivity index (χ4n) is 2.12. The van der Waals surface area contributed by atoms with Crippen LogP contribution in [0.3, 0.4) is 0 Å². The minimum absolute atomic E-state index is 0.0896. The maximum atomic E-state index is 12.8. The van der Waals surface area contributed by atoms with Crippen LogP contribution in [-0.4, -0.2) is 37.8 Å². The van der Waals surface area contributed by atoms with Crippen molar-refractivity contribution in [2.24, 2.45) is 0 Å². The predicted octanol–water partition coefficient (Wildman–Crippen LogP) is 2.00. The quantitative estimate of drug-likeness (QED) is 0.782. The summed E-state index contributed by atoms with van der Waals surface area (Å²) in [5.41, 5.74) is 1.54. The molecule has 0 amide bonds. The summed E-state index contributed by atoms with van der Waals surface area (Å²) in [6.07, 6.45) is 3.24. The Labute approximate surface area is 135 Å². The Morgan fingerprint density at radius 2 is 2.04 bits per heavy atom. The monoisotopic (exact) mass is 334 g/mol. The Hall–Kier alpha value is -2.25.